The molecule has 7 rings (SSSR count). The van der Waals surface area contributed by atoms with Crippen molar-refractivity contribution in [1.82, 2.24) is 25.3 Å². The Morgan fingerprint density at radius 1 is 0.766 bits per heavy atom. The number of unbranched alkanes of at least 4 members (excludes halogenated alkanes) is 1. The lowest BCUT2D eigenvalue weighted by molar-refractivity contribution is -0.135. The molecule has 1 amide bonds. The van der Waals surface area contributed by atoms with Crippen LogP contribution in [-0.4, -0.2) is 62.2 Å². The van der Waals surface area contributed by atoms with Gasteiger partial charge >= 0.3 is 35.5 Å². The zero-order valence-corrected chi connectivity index (χ0v) is 35.4. The summed E-state index contributed by atoms with van der Waals surface area (Å²) in [6.45, 7) is 2.97. The van der Waals surface area contributed by atoms with Crippen LogP contribution in [0.4, 0.5) is 26.7 Å². The number of aromatic amines is 2. The van der Waals surface area contributed by atoms with Gasteiger partial charge in [0.1, 0.15) is 10.8 Å². The van der Waals surface area contributed by atoms with E-state index in [-0.39, 0.29) is 71.5 Å². The molecule has 4 heterocycles. The Balaban J connectivity index is 0.000000213. The monoisotopic (exact) mass is 907 g/mol. The first kappa shape index (κ1) is 47.5. The normalized spacial score (nSPS) is 18.0. The number of rotatable bonds is 15. The number of oxime groups is 2. The van der Waals surface area contributed by atoms with E-state index < -0.39 is 52.9 Å². The van der Waals surface area contributed by atoms with E-state index >= 15 is 0 Å². The van der Waals surface area contributed by atoms with Crippen LogP contribution in [0.15, 0.2) is 50.5 Å². The van der Waals surface area contributed by atoms with Crippen molar-refractivity contribution in [3.8, 4) is 12.0 Å². The molecule has 17 nitrogen and oxygen atoms in total. The van der Waals surface area contributed by atoms with Crippen LogP contribution in [0.1, 0.15) is 121 Å². The second-order valence-corrected chi connectivity index (χ2v) is 16.3. The molecule has 4 aromatic heterocycles. The maximum Gasteiger partial charge on any atom is 0.407 e. The Kier molecular flexibility index (Phi) is 15.7. The average molecular weight is 908 g/mol. The lowest BCUT2D eigenvalue weighted by Gasteiger charge is -2.27. The Labute approximate surface area is 361 Å². The molecule has 3 N–H and O–H groups in total. The van der Waals surface area contributed by atoms with Crippen LogP contribution < -0.4 is 37.4 Å². The second kappa shape index (κ2) is 21.1. The van der Waals surface area contributed by atoms with Gasteiger partial charge in [0.15, 0.2) is 0 Å². The largest absolute Gasteiger partial charge is 0.450 e. The topological polar surface area (TPSA) is 233 Å². The molecule has 0 saturated heterocycles. The number of nitrogens with one attached hydrogen (secondary N) is 3. The number of alkyl halides is 5. The zero-order valence-electron chi connectivity index (χ0n) is 35.4. The fraction of sp³-hybridized carbons (Fsp3) is 0.595. The lowest BCUT2D eigenvalue weighted by atomic mass is 9.84. The van der Waals surface area contributed by atoms with Crippen LogP contribution in [0.2, 0.25) is 0 Å². The Morgan fingerprint density at radius 3 is 1.73 bits per heavy atom. The minimum atomic E-state index is -4.35. The summed E-state index contributed by atoms with van der Waals surface area (Å²) in [6, 6.07) is 1.85. The molecule has 0 bridgehead atoms. The SMILES string of the molecule is CC(F)(F)C1CCC(=NOc2nc3oc(=O)cc(CCCC(F)(F)F)c3c(=O)[nH]2)CC1.CCOC(=O)NC1CCC(=NOc2nc3oc(=O)cc(CCCCC4CC4)c3c(=O)[nH]2)CC1. The van der Waals surface area contributed by atoms with E-state index in [1.165, 1.54) is 25.3 Å². The van der Waals surface area contributed by atoms with Crippen molar-refractivity contribution >= 4 is 39.7 Å². The molecule has 0 atom stereocenters. The van der Waals surface area contributed by atoms with Crippen molar-refractivity contribution in [2.75, 3.05) is 6.61 Å². The molecule has 0 aromatic carbocycles. The van der Waals surface area contributed by atoms with Crippen molar-refractivity contribution in [1.29, 1.82) is 0 Å². The average Bonchev–Trinajstić information content (AvgIpc) is 4.05. The van der Waals surface area contributed by atoms with E-state index in [1.54, 1.807) is 6.92 Å². The van der Waals surface area contributed by atoms with Crippen LogP contribution in [0.3, 0.4) is 0 Å². The van der Waals surface area contributed by atoms with Gasteiger partial charge in [0.2, 0.25) is 17.3 Å². The summed E-state index contributed by atoms with van der Waals surface area (Å²) in [5.41, 5.74) is -0.970. The number of nitrogens with zero attached hydrogens (tertiary/aromatic N) is 4. The summed E-state index contributed by atoms with van der Waals surface area (Å²) < 4.78 is 78.8. The first-order valence-corrected chi connectivity index (χ1v) is 21.4. The number of hydrogen-bond acceptors (Lipinski definition) is 14. The molecule has 348 valence electrons. The van der Waals surface area contributed by atoms with Crippen LogP contribution in [0, 0.1) is 11.8 Å². The predicted molar refractivity (Wildman–Crippen MR) is 222 cm³/mol. The third-order valence-corrected chi connectivity index (χ3v) is 11.2. The third kappa shape index (κ3) is 14.0. The highest BCUT2D eigenvalue weighted by atomic mass is 19.4. The number of amides is 1. The van der Waals surface area contributed by atoms with Crippen molar-refractivity contribution in [3.63, 3.8) is 0 Å². The van der Waals surface area contributed by atoms with Crippen molar-refractivity contribution < 1.29 is 50.0 Å². The molecule has 0 spiro atoms. The molecule has 0 aliphatic heterocycles. The molecular weight excluding hydrogens is 857 g/mol. The zero-order chi connectivity index (χ0) is 46.0. The van der Waals surface area contributed by atoms with Gasteiger partial charge in [-0.2, -0.15) is 23.1 Å². The molecule has 3 aliphatic carbocycles. The fourth-order valence-electron chi connectivity index (χ4n) is 7.66. The van der Waals surface area contributed by atoms with Gasteiger partial charge in [-0.1, -0.05) is 36.0 Å². The Bertz CT molecular complexity index is 2560. The van der Waals surface area contributed by atoms with Crippen LogP contribution >= 0.6 is 0 Å². The third-order valence-electron chi connectivity index (χ3n) is 11.2. The maximum atomic E-state index is 13.4. The van der Waals surface area contributed by atoms with E-state index in [0.717, 1.165) is 37.5 Å². The van der Waals surface area contributed by atoms with Gasteiger partial charge in [0.25, 0.3) is 11.1 Å². The molecule has 0 radical (unpaired) electrons. The van der Waals surface area contributed by atoms with Gasteiger partial charge in [-0.05, 0) is 108 Å². The van der Waals surface area contributed by atoms with Crippen LogP contribution in [-0.2, 0) is 17.6 Å². The number of carbonyl (C=O) groups excluding carboxylic acids is 1. The first-order valence-electron chi connectivity index (χ1n) is 21.4. The molecule has 0 unspecified atom stereocenters. The van der Waals surface area contributed by atoms with Crippen LogP contribution in [0.5, 0.6) is 12.0 Å². The first-order chi connectivity index (χ1) is 30.4. The Morgan fingerprint density at radius 2 is 1.27 bits per heavy atom. The number of H-pyrrole nitrogens is 2. The van der Waals surface area contributed by atoms with Gasteiger partial charge in [-0.3, -0.25) is 19.6 Å². The smallest absolute Gasteiger partial charge is 0.407 e. The minimum absolute atomic E-state index is 0.0265. The number of halogens is 5. The van der Waals surface area contributed by atoms with Crippen molar-refractivity contribution in [2.24, 2.45) is 22.1 Å². The molecule has 3 saturated carbocycles. The molecule has 4 aromatic rings. The van der Waals surface area contributed by atoms with E-state index in [0.29, 0.717) is 62.8 Å². The highest BCUT2D eigenvalue weighted by Gasteiger charge is 2.36. The summed E-state index contributed by atoms with van der Waals surface area (Å²) in [5, 5.41) is 10.9. The van der Waals surface area contributed by atoms with E-state index in [4.69, 9.17) is 23.2 Å². The molecule has 3 fully saturated rings. The van der Waals surface area contributed by atoms with Crippen molar-refractivity contribution in [3.05, 3.63) is 64.8 Å². The summed E-state index contributed by atoms with van der Waals surface area (Å²) >= 11 is 0. The molecule has 22 heteroatoms. The van der Waals surface area contributed by atoms with E-state index in [2.05, 4.69) is 35.6 Å². The second-order valence-electron chi connectivity index (χ2n) is 16.3. The molecule has 3 aliphatic rings. The highest BCUT2D eigenvalue weighted by Crippen LogP contribution is 2.36. The number of ether oxygens (including phenoxy) is 1. The minimum Gasteiger partial charge on any atom is -0.450 e. The summed E-state index contributed by atoms with van der Waals surface area (Å²) in [6.07, 6.45) is 3.89. The maximum absolute atomic E-state index is 13.4. The lowest BCUT2D eigenvalue weighted by Crippen LogP contribution is -2.38. The summed E-state index contributed by atoms with van der Waals surface area (Å²) in [7, 11) is 0. The van der Waals surface area contributed by atoms with Gasteiger partial charge in [0, 0.05) is 30.5 Å². The van der Waals surface area contributed by atoms with Gasteiger partial charge < -0.3 is 28.6 Å². The number of aromatic nitrogens is 4. The number of hydrogen-bond donors (Lipinski definition) is 3. The highest BCUT2D eigenvalue weighted by molar-refractivity contribution is 5.85. The molecular formula is C42H50F5N7O10. The Hall–Kier alpha value is -5.96. The summed E-state index contributed by atoms with van der Waals surface area (Å²) in [5.74, 6) is -2.65. The van der Waals surface area contributed by atoms with Crippen molar-refractivity contribution in [2.45, 2.75) is 141 Å². The standard InChI is InChI=1S/C23H30N4O6.C19H20F5N3O4/c1-2-31-23(30)24-16-9-11-17(12-10-16)27-33-22-25-20(29)19-15(6-4-3-5-14-7-8-14)13-18(28)32-21(19)26-22;1-18(20,21)11-4-6-12(7-5-11)27-31-17-25-15(29)14-10(3-2-8-19(22,23)24)9-13(28)30-16(14)26-17/h13-14,16H,2-12H2,1H3,(H,24,30)(H,25,26,29);9,11H,2-8H2,1H3,(H,25,26,29). The van der Waals surface area contributed by atoms with Crippen LogP contribution in [0.25, 0.3) is 22.2 Å². The van der Waals surface area contributed by atoms with E-state index in [1.807, 2.05) is 0 Å². The number of fused-ring (bicyclic) bond motifs is 2. The number of aryl methyl sites for hydroxylation is 2. The van der Waals surface area contributed by atoms with E-state index in [9.17, 15) is 45.9 Å². The van der Waals surface area contributed by atoms with Gasteiger partial charge in [-0.25, -0.2) is 23.2 Å². The quantitative estimate of drug-likeness (QED) is 0.0590. The number of alkyl carbamates (subject to hydrolysis) is 1. The van der Waals surface area contributed by atoms with Gasteiger partial charge in [-0.15, -0.1) is 0 Å². The fourth-order valence-corrected chi connectivity index (χ4v) is 7.66. The van der Waals surface area contributed by atoms with Gasteiger partial charge in [0.05, 0.1) is 18.0 Å². The molecule has 64 heavy (non-hydrogen) atoms. The number of carbonyl (C=O) groups is 1. The predicted octanol–water partition coefficient (Wildman–Crippen LogP) is 7.76. The summed E-state index contributed by atoms with van der Waals surface area (Å²) in [4.78, 5) is 83.7.